The monoisotopic (exact) mass is 468 g/mol. The average Bonchev–Trinajstić information content (AvgIpc) is 2.90. The van der Waals surface area contributed by atoms with Gasteiger partial charge in [-0.15, -0.1) is 0 Å². The molecule has 154 valence electrons. The lowest BCUT2D eigenvalue weighted by Gasteiger charge is -2.18. The Labute approximate surface area is 156 Å². The van der Waals surface area contributed by atoms with E-state index < -0.39 is 48.1 Å². The van der Waals surface area contributed by atoms with Crippen molar-refractivity contribution in [1.82, 2.24) is 9.55 Å². The first-order valence-electron chi connectivity index (χ1n) is 7.02. The number of phosphoric ester groups is 1. The summed E-state index contributed by atoms with van der Waals surface area (Å²) in [7, 11) is -16.2. The Morgan fingerprint density at radius 2 is 1.85 bits per heavy atom. The quantitative estimate of drug-likeness (QED) is 0.266. The second kappa shape index (κ2) is 8.46. The number of aromatic nitrogens is 2. The highest BCUT2D eigenvalue weighted by Gasteiger charge is 2.41. The fourth-order valence-electron chi connectivity index (χ4n) is 2.15. The van der Waals surface area contributed by atoms with Crippen molar-refractivity contribution in [2.24, 2.45) is 0 Å². The van der Waals surface area contributed by atoms with Gasteiger partial charge in [-0.25, -0.2) is 18.5 Å². The molecule has 18 heteroatoms. The number of rotatable bonds is 8. The van der Waals surface area contributed by atoms with Gasteiger partial charge in [0.25, 0.3) is 0 Å². The molecule has 0 aliphatic carbocycles. The summed E-state index contributed by atoms with van der Waals surface area (Å²) in [6, 6.07) is 1.47. The van der Waals surface area contributed by atoms with Crippen molar-refractivity contribution in [2.45, 2.75) is 25.2 Å². The van der Waals surface area contributed by atoms with Gasteiger partial charge in [0.2, 0.25) is 0 Å². The summed E-state index contributed by atoms with van der Waals surface area (Å²) in [6.07, 6.45) is 0.613. The predicted molar refractivity (Wildman–Crippen MR) is 88.8 cm³/mol. The minimum absolute atomic E-state index is 0.235. The van der Waals surface area contributed by atoms with Gasteiger partial charge >= 0.3 is 29.2 Å². The van der Waals surface area contributed by atoms with E-state index in [1.807, 2.05) is 0 Å². The van der Waals surface area contributed by atoms with E-state index in [0.29, 0.717) is 12.8 Å². The zero-order valence-corrected chi connectivity index (χ0v) is 16.7. The molecule has 1 aliphatic rings. The van der Waals surface area contributed by atoms with E-state index in [4.69, 9.17) is 31.6 Å². The molecular formula is C9H15N2O12P3S. The van der Waals surface area contributed by atoms with Gasteiger partial charge in [0, 0.05) is 6.20 Å². The van der Waals surface area contributed by atoms with Gasteiger partial charge < -0.3 is 24.3 Å². The molecule has 1 fully saturated rings. The van der Waals surface area contributed by atoms with Gasteiger partial charge in [0.1, 0.15) is 10.9 Å². The molecule has 2 unspecified atom stereocenters. The van der Waals surface area contributed by atoms with Crippen LogP contribution in [0.1, 0.15) is 19.1 Å². The molecule has 0 saturated carbocycles. The zero-order chi connectivity index (χ0) is 20.5. The van der Waals surface area contributed by atoms with Gasteiger partial charge in [0.05, 0.1) is 12.7 Å². The first kappa shape index (κ1) is 22.8. The molecule has 27 heavy (non-hydrogen) atoms. The van der Waals surface area contributed by atoms with Crippen molar-refractivity contribution >= 4 is 35.7 Å². The van der Waals surface area contributed by atoms with Crippen LogP contribution in [0.15, 0.2) is 17.1 Å². The highest BCUT2D eigenvalue weighted by atomic mass is 32.1. The molecule has 0 bridgehead atoms. The maximum absolute atomic E-state index is 11.8. The Bertz CT molecular complexity index is 939. The van der Waals surface area contributed by atoms with Crippen LogP contribution in [0.25, 0.3) is 0 Å². The molecule has 0 radical (unpaired) electrons. The molecule has 2 heterocycles. The van der Waals surface area contributed by atoms with Crippen LogP contribution in [-0.4, -0.2) is 41.8 Å². The summed E-state index contributed by atoms with van der Waals surface area (Å²) in [5, 5.41) is 0. The number of H-pyrrole nitrogens is 1. The Morgan fingerprint density at radius 3 is 2.44 bits per heavy atom. The molecule has 2 rings (SSSR count). The van der Waals surface area contributed by atoms with E-state index in [0.717, 1.165) is 0 Å². The lowest BCUT2D eigenvalue weighted by Crippen LogP contribution is -2.27. The van der Waals surface area contributed by atoms with Gasteiger partial charge in [0.15, 0.2) is 0 Å². The molecule has 1 aromatic heterocycles. The van der Waals surface area contributed by atoms with Crippen molar-refractivity contribution in [3.8, 4) is 0 Å². The number of hydrogen-bond donors (Lipinski definition) is 5. The lowest BCUT2D eigenvalue weighted by atomic mass is 10.2. The van der Waals surface area contributed by atoms with Crippen molar-refractivity contribution in [3.05, 3.63) is 27.4 Å². The van der Waals surface area contributed by atoms with Crippen LogP contribution >= 0.6 is 35.7 Å². The van der Waals surface area contributed by atoms with Crippen LogP contribution in [0.3, 0.4) is 0 Å². The van der Waals surface area contributed by atoms with Crippen molar-refractivity contribution in [2.75, 3.05) is 6.61 Å². The molecule has 4 atom stereocenters. The number of phosphoric acid groups is 3. The number of nitrogens with zero attached hydrogens (tertiary/aromatic N) is 1. The first-order valence-corrected chi connectivity index (χ1v) is 11.9. The van der Waals surface area contributed by atoms with E-state index in [1.54, 1.807) is 0 Å². The van der Waals surface area contributed by atoms with E-state index in [9.17, 15) is 23.4 Å². The molecule has 0 spiro atoms. The fraction of sp³-hybridized carbons (Fsp3) is 0.556. The van der Waals surface area contributed by atoms with Crippen molar-refractivity contribution < 1.29 is 51.2 Å². The molecule has 0 amide bonds. The standard InChI is InChI=1S/C9H15N2O12P3S/c12-9-10-7(27)3-4-11(9)8-2-1-6(21-8)5-20-25(16,17)23-26(18,19)22-24(13,14)15/h3-4,6,8H,1-2,5H2,(H,16,17)(H,18,19)(H,10,12,27)(H2,13,14,15)/t6-,8+/m0/s1. The number of hydrogen-bond acceptors (Lipinski definition) is 9. The minimum atomic E-state index is -5.57. The summed E-state index contributed by atoms with van der Waals surface area (Å²) >= 11 is 4.81. The third kappa shape index (κ3) is 7.42. The molecule has 14 nitrogen and oxygen atoms in total. The summed E-state index contributed by atoms with van der Waals surface area (Å²) in [5.74, 6) is 0. The van der Waals surface area contributed by atoms with Crippen LogP contribution in [-0.2, 0) is 31.6 Å². The van der Waals surface area contributed by atoms with E-state index in [2.05, 4.69) is 18.1 Å². The van der Waals surface area contributed by atoms with Crippen molar-refractivity contribution in [3.63, 3.8) is 0 Å². The minimum Gasteiger partial charge on any atom is -0.352 e. The topological polar surface area (TPSA) is 207 Å². The van der Waals surface area contributed by atoms with Crippen LogP contribution in [0, 0.1) is 4.64 Å². The Morgan fingerprint density at radius 1 is 1.19 bits per heavy atom. The van der Waals surface area contributed by atoms with Gasteiger partial charge in [-0.2, -0.15) is 8.62 Å². The highest BCUT2D eigenvalue weighted by molar-refractivity contribution is 7.71. The Balaban J connectivity index is 1.92. The highest BCUT2D eigenvalue weighted by Crippen LogP contribution is 2.66. The largest absolute Gasteiger partial charge is 0.490 e. The fourth-order valence-corrected chi connectivity index (χ4v) is 5.35. The number of aromatic amines is 1. The number of nitrogens with one attached hydrogen (secondary N) is 1. The van der Waals surface area contributed by atoms with Gasteiger partial charge in [-0.3, -0.25) is 14.1 Å². The summed E-state index contributed by atoms with van der Waals surface area (Å²) in [4.78, 5) is 49.5. The Hall–Kier alpha value is -0.530. The summed E-state index contributed by atoms with van der Waals surface area (Å²) in [5.41, 5.74) is -0.513. The molecule has 1 aromatic rings. The van der Waals surface area contributed by atoms with Gasteiger partial charge in [-0.05, 0) is 18.9 Å². The first-order chi connectivity index (χ1) is 12.3. The maximum atomic E-state index is 11.8. The Kier molecular flexibility index (Phi) is 7.13. The van der Waals surface area contributed by atoms with Crippen LogP contribution in [0.5, 0.6) is 0 Å². The molecular weight excluding hydrogens is 453 g/mol. The van der Waals surface area contributed by atoms with Crippen LogP contribution < -0.4 is 5.69 Å². The summed E-state index contributed by atoms with van der Waals surface area (Å²) < 4.78 is 52.0. The van der Waals surface area contributed by atoms with E-state index in [1.165, 1.54) is 16.8 Å². The van der Waals surface area contributed by atoms with E-state index >= 15 is 0 Å². The molecule has 1 aliphatic heterocycles. The van der Waals surface area contributed by atoms with Crippen molar-refractivity contribution in [1.29, 1.82) is 0 Å². The normalized spacial score (nSPS) is 25.0. The second-order valence-electron chi connectivity index (χ2n) is 5.19. The van der Waals surface area contributed by atoms with Gasteiger partial charge in [-0.1, -0.05) is 12.2 Å². The molecule has 0 aromatic carbocycles. The third-order valence-electron chi connectivity index (χ3n) is 3.09. The third-order valence-corrected chi connectivity index (χ3v) is 7.13. The van der Waals surface area contributed by atoms with E-state index in [-0.39, 0.29) is 4.64 Å². The maximum Gasteiger partial charge on any atom is 0.490 e. The molecule has 5 N–H and O–H groups in total. The van der Waals surface area contributed by atoms with Crippen LogP contribution in [0.2, 0.25) is 0 Å². The second-order valence-corrected chi connectivity index (χ2v) is 10.1. The zero-order valence-electron chi connectivity index (χ0n) is 13.2. The smallest absolute Gasteiger partial charge is 0.352 e. The lowest BCUT2D eigenvalue weighted by molar-refractivity contribution is -0.0243. The molecule has 1 saturated heterocycles. The SMILES string of the molecule is O=c1[nH]c(=S)ccn1[C@H]1CC[C@@H](COP(=O)(O)OP(=O)(O)OP(=O)(O)O)O1. The predicted octanol–water partition coefficient (Wildman–Crippen LogP) is 0.927. The average molecular weight is 468 g/mol. The van der Waals surface area contributed by atoms with Crippen LogP contribution in [0.4, 0.5) is 0 Å². The summed E-state index contributed by atoms with van der Waals surface area (Å²) in [6.45, 7) is -0.572. The number of ether oxygens (including phenoxy) is 1.